The van der Waals surface area contributed by atoms with Gasteiger partial charge in [0.1, 0.15) is 11.5 Å². The first kappa shape index (κ1) is 17.3. The summed E-state index contributed by atoms with van der Waals surface area (Å²) in [6.45, 7) is 0.0766. The van der Waals surface area contributed by atoms with Gasteiger partial charge >= 0.3 is 0 Å². The highest BCUT2D eigenvalue weighted by atomic mass is 79.9. The van der Waals surface area contributed by atoms with Crippen LogP contribution in [0.25, 0.3) is 22.3 Å². The van der Waals surface area contributed by atoms with Gasteiger partial charge in [-0.1, -0.05) is 29.3 Å². The third-order valence-corrected chi connectivity index (χ3v) is 4.56. The Labute approximate surface area is 156 Å². The molecule has 0 N–H and O–H groups in total. The molecule has 0 saturated carbocycles. The largest absolute Gasteiger partial charge is 0.466 e. The number of benzene rings is 2. The zero-order chi connectivity index (χ0) is 17.3. The third kappa shape index (κ3) is 3.30. The van der Waals surface area contributed by atoms with E-state index in [1.165, 1.54) is 13.2 Å². The van der Waals surface area contributed by atoms with Crippen LogP contribution in [0.15, 0.2) is 50.1 Å². The summed E-state index contributed by atoms with van der Waals surface area (Å²) in [4.78, 5) is 12.3. The third-order valence-electron chi connectivity index (χ3n) is 3.33. The fourth-order valence-corrected chi connectivity index (χ4v) is 3.29. The van der Waals surface area contributed by atoms with Gasteiger partial charge in [0.05, 0.1) is 19.9 Å². The van der Waals surface area contributed by atoms with E-state index < -0.39 is 0 Å². The fourth-order valence-electron chi connectivity index (χ4n) is 2.23. The van der Waals surface area contributed by atoms with E-state index >= 15 is 0 Å². The van der Waals surface area contributed by atoms with Crippen molar-refractivity contribution in [1.82, 2.24) is 0 Å². The molecule has 124 valence electrons. The maximum Gasteiger partial charge on any atom is 0.193 e. The first-order valence-corrected chi connectivity index (χ1v) is 8.39. The van der Waals surface area contributed by atoms with E-state index in [0.29, 0.717) is 42.6 Å². The van der Waals surface area contributed by atoms with Gasteiger partial charge in [-0.3, -0.25) is 4.79 Å². The summed E-state index contributed by atoms with van der Waals surface area (Å²) in [5, 5.41) is 1.17. The van der Waals surface area contributed by atoms with Gasteiger partial charge < -0.3 is 13.9 Å². The molecule has 0 bridgehead atoms. The van der Waals surface area contributed by atoms with Gasteiger partial charge in [-0.2, -0.15) is 0 Å². The number of halogens is 3. The lowest BCUT2D eigenvalue weighted by Gasteiger charge is -2.11. The predicted octanol–water partition coefficient (Wildman–Crippen LogP) is 5.51. The molecule has 1 aromatic heterocycles. The number of para-hydroxylation sites is 1. The summed E-state index contributed by atoms with van der Waals surface area (Å²) in [6.07, 6.45) is 0. The molecule has 0 fully saturated rings. The number of fused-ring (bicyclic) bond motifs is 1. The fraction of sp³-hybridized carbons (Fsp3) is 0.118. The lowest BCUT2D eigenvalue weighted by atomic mass is 10.1. The number of methoxy groups -OCH3 is 1. The molecule has 7 heteroatoms. The molecule has 0 aliphatic rings. The molecule has 3 aromatic rings. The average Bonchev–Trinajstić information content (AvgIpc) is 2.55. The van der Waals surface area contributed by atoms with E-state index in [4.69, 9.17) is 37.1 Å². The predicted molar refractivity (Wildman–Crippen MR) is 98.1 cm³/mol. The van der Waals surface area contributed by atoms with Crippen LogP contribution in [0.2, 0.25) is 10.0 Å². The SMILES string of the molecule is COCOc1cc(-c2cc(=O)c3cccc(Cl)c3o2)c(Cl)cc1Br. The van der Waals surface area contributed by atoms with Crippen molar-refractivity contribution in [2.45, 2.75) is 0 Å². The monoisotopic (exact) mass is 428 g/mol. The van der Waals surface area contributed by atoms with E-state index in [1.54, 1.807) is 30.3 Å². The van der Waals surface area contributed by atoms with E-state index in [1.807, 2.05) is 0 Å². The highest BCUT2D eigenvalue weighted by molar-refractivity contribution is 9.10. The van der Waals surface area contributed by atoms with Crippen molar-refractivity contribution < 1.29 is 13.9 Å². The summed E-state index contributed by atoms with van der Waals surface area (Å²) >= 11 is 15.8. The Bertz CT molecular complexity index is 969. The first-order chi connectivity index (χ1) is 11.5. The molecule has 0 saturated heterocycles. The number of hydrogen-bond acceptors (Lipinski definition) is 4. The van der Waals surface area contributed by atoms with Crippen molar-refractivity contribution in [3.05, 3.63) is 61.1 Å². The smallest absolute Gasteiger partial charge is 0.193 e. The Balaban J connectivity index is 2.20. The van der Waals surface area contributed by atoms with E-state index in [-0.39, 0.29) is 12.2 Å². The Morgan fingerprint density at radius 3 is 2.71 bits per heavy atom. The minimum atomic E-state index is -0.202. The topological polar surface area (TPSA) is 48.7 Å². The van der Waals surface area contributed by atoms with Gasteiger partial charge in [0.15, 0.2) is 17.8 Å². The van der Waals surface area contributed by atoms with Gasteiger partial charge in [-0.05, 0) is 40.2 Å². The summed E-state index contributed by atoms with van der Waals surface area (Å²) < 4.78 is 16.9. The molecule has 0 atom stereocenters. The normalized spacial score (nSPS) is 11.0. The Hall–Kier alpha value is -1.53. The Morgan fingerprint density at radius 2 is 1.96 bits per heavy atom. The number of hydrogen-bond donors (Lipinski definition) is 0. The van der Waals surface area contributed by atoms with Crippen molar-refractivity contribution >= 4 is 50.1 Å². The molecule has 24 heavy (non-hydrogen) atoms. The summed E-state index contributed by atoms with van der Waals surface area (Å²) in [6, 6.07) is 9.74. The molecule has 0 aliphatic heterocycles. The van der Waals surface area contributed by atoms with Crippen molar-refractivity contribution in [2.75, 3.05) is 13.9 Å². The maximum absolute atomic E-state index is 12.3. The van der Waals surface area contributed by atoms with Crippen LogP contribution in [0.5, 0.6) is 5.75 Å². The van der Waals surface area contributed by atoms with Crippen LogP contribution in [0.3, 0.4) is 0 Å². The molecule has 0 aliphatic carbocycles. The Kier molecular flexibility index (Phi) is 5.15. The van der Waals surface area contributed by atoms with Crippen LogP contribution in [0, 0.1) is 0 Å². The molecule has 1 heterocycles. The minimum absolute atomic E-state index is 0.0766. The molecular weight excluding hydrogens is 419 g/mol. The molecule has 0 radical (unpaired) electrons. The highest BCUT2D eigenvalue weighted by Crippen LogP contribution is 2.38. The van der Waals surface area contributed by atoms with Crippen LogP contribution in [0.4, 0.5) is 0 Å². The molecule has 0 amide bonds. The van der Waals surface area contributed by atoms with Crippen LogP contribution >= 0.6 is 39.1 Å². The summed E-state index contributed by atoms with van der Waals surface area (Å²) in [7, 11) is 1.52. The van der Waals surface area contributed by atoms with Crippen LogP contribution in [0.1, 0.15) is 0 Å². The van der Waals surface area contributed by atoms with Crippen molar-refractivity contribution in [1.29, 1.82) is 0 Å². The number of ether oxygens (including phenoxy) is 2. The highest BCUT2D eigenvalue weighted by Gasteiger charge is 2.15. The first-order valence-electron chi connectivity index (χ1n) is 6.85. The van der Waals surface area contributed by atoms with Crippen molar-refractivity contribution in [3.63, 3.8) is 0 Å². The van der Waals surface area contributed by atoms with Crippen molar-refractivity contribution in [3.8, 4) is 17.1 Å². The zero-order valence-electron chi connectivity index (χ0n) is 12.4. The van der Waals surface area contributed by atoms with Crippen LogP contribution in [-0.2, 0) is 4.74 Å². The quantitative estimate of drug-likeness (QED) is 0.513. The molecule has 3 rings (SSSR count). The van der Waals surface area contributed by atoms with Crippen LogP contribution in [-0.4, -0.2) is 13.9 Å². The van der Waals surface area contributed by atoms with E-state index in [0.717, 1.165) is 0 Å². The maximum atomic E-state index is 12.3. The average molecular weight is 430 g/mol. The second kappa shape index (κ2) is 7.15. The van der Waals surface area contributed by atoms with E-state index in [9.17, 15) is 4.79 Å². The van der Waals surface area contributed by atoms with Gasteiger partial charge in [0, 0.05) is 18.7 Å². The van der Waals surface area contributed by atoms with Gasteiger partial charge in [0.25, 0.3) is 0 Å². The number of rotatable bonds is 4. The second-order valence-corrected chi connectivity index (χ2v) is 6.57. The molecule has 4 nitrogen and oxygen atoms in total. The minimum Gasteiger partial charge on any atom is -0.466 e. The molecule has 0 spiro atoms. The lowest BCUT2D eigenvalue weighted by molar-refractivity contribution is 0.0506. The Morgan fingerprint density at radius 1 is 1.17 bits per heavy atom. The molecular formula is C17H11BrCl2O4. The molecule has 0 unspecified atom stereocenters. The zero-order valence-corrected chi connectivity index (χ0v) is 15.5. The second-order valence-electron chi connectivity index (χ2n) is 4.90. The van der Waals surface area contributed by atoms with Crippen LogP contribution < -0.4 is 10.2 Å². The lowest BCUT2D eigenvalue weighted by Crippen LogP contribution is -2.02. The molecule has 2 aromatic carbocycles. The summed E-state index contributed by atoms with van der Waals surface area (Å²) in [5.74, 6) is 0.818. The standard InChI is InChI=1S/C17H11BrCl2O4/c1-22-8-23-16-5-10(13(20)6-11(16)18)15-7-14(21)9-3-2-4-12(19)17(9)24-15/h2-7H,8H2,1H3. The van der Waals surface area contributed by atoms with Crippen molar-refractivity contribution in [2.24, 2.45) is 0 Å². The van der Waals surface area contributed by atoms with Gasteiger partial charge in [-0.25, -0.2) is 0 Å². The van der Waals surface area contributed by atoms with Gasteiger partial charge in [-0.15, -0.1) is 0 Å². The summed E-state index contributed by atoms with van der Waals surface area (Å²) in [5.41, 5.74) is 0.636. The van der Waals surface area contributed by atoms with Gasteiger partial charge in [0.2, 0.25) is 0 Å². The van der Waals surface area contributed by atoms with E-state index in [2.05, 4.69) is 15.9 Å².